The van der Waals surface area contributed by atoms with Crippen molar-refractivity contribution in [2.75, 3.05) is 26.9 Å². The van der Waals surface area contributed by atoms with Gasteiger partial charge in [-0.3, -0.25) is 0 Å². The highest BCUT2D eigenvalue weighted by Gasteiger charge is 2.73. The van der Waals surface area contributed by atoms with Gasteiger partial charge in [-0.25, -0.2) is 0 Å². The average Bonchev–Trinajstić information content (AvgIpc) is 3.19. The van der Waals surface area contributed by atoms with Crippen LogP contribution in [-0.2, 0) is 14.2 Å². The summed E-state index contributed by atoms with van der Waals surface area (Å²) in [5, 5.41) is 20.7. The van der Waals surface area contributed by atoms with Crippen LogP contribution in [0.2, 0.25) is 0 Å². The largest absolute Gasteiger partial charge is 0.490 e. The van der Waals surface area contributed by atoms with Crippen molar-refractivity contribution in [2.45, 2.75) is 42.9 Å². The molecule has 2 aliphatic carbocycles. The summed E-state index contributed by atoms with van der Waals surface area (Å²) >= 11 is 0. The summed E-state index contributed by atoms with van der Waals surface area (Å²) in [5.41, 5.74) is -0.576. The minimum Gasteiger partial charge on any atom is -0.490 e. The van der Waals surface area contributed by atoms with Crippen molar-refractivity contribution in [3.8, 4) is 17.6 Å². The van der Waals surface area contributed by atoms with E-state index in [9.17, 15) is 10.2 Å². The molecule has 1 heterocycles. The first-order valence-electron chi connectivity index (χ1n) is 9.48. The second-order valence-electron chi connectivity index (χ2n) is 7.41. The van der Waals surface area contributed by atoms with Crippen molar-refractivity contribution in [1.29, 1.82) is 0 Å². The van der Waals surface area contributed by atoms with Crippen molar-refractivity contribution < 1.29 is 29.2 Å². The smallest absolute Gasteiger partial charge is 0.198 e. The lowest BCUT2D eigenvalue weighted by atomic mass is 9.52. The summed E-state index contributed by atoms with van der Waals surface area (Å²) in [4.78, 5) is 0. The predicted octanol–water partition coefficient (Wildman–Crippen LogP) is 1.35. The SMILES string of the molecule is CO[C@@]12CC[C@H](O)[C@@H](C#C[C@@H](O)COc3ccccc3)[C@@H]1CC21OCCO1. The predicted molar refractivity (Wildman–Crippen MR) is 96.9 cm³/mol. The molecule has 6 nitrogen and oxygen atoms in total. The van der Waals surface area contributed by atoms with Gasteiger partial charge in [-0.15, -0.1) is 0 Å². The molecule has 1 aromatic rings. The molecule has 3 fully saturated rings. The summed E-state index contributed by atoms with van der Waals surface area (Å²) in [5.74, 6) is 5.63. The van der Waals surface area contributed by atoms with Crippen LogP contribution in [-0.4, -0.2) is 60.7 Å². The van der Waals surface area contributed by atoms with Crippen LogP contribution >= 0.6 is 0 Å². The van der Waals surface area contributed by atoms with Gasteiger partial charge in [0.25, 0.3) is 0 Å². The van der Waals surface area contributed by atoms with Crippen molar-refractivity contribution in [3.05, 3.63) is 30.3 Å². The summed E-state index contributed by atoms with van der Waals surface area (Å²) in [7, 11) is 1.67. The molecule has 2 N–H and O–H groups in total. The maximum absolute atomic E-state index is 10.5. The summed E-state index contributed by atoms with van der Waals surface area (Å²) in [6, 6.07) is 9.30. The fraction of sp³-hybridized carbons (Fsp3) is 0.619. The van der Waals surface area contributed by atoms with Crippen molar-refractivity contribution in [2.24, 2.45) is 11.8 Å². The van der Waals surface area contributed by atoms with Gasteiger partial charge in [0.15, 0.2) is 5.79 Å². The van der Waals surface area contributed by atoms with Crippen LogP contribution in [0.5, 0.6) is 5.75 Å². The van der Waals surface area contributed by atoms with Gasteiger partial charge in [-0.1, -0.05) is 30.0 Å². The molecule has 0 radical (unpaired) electrons. The van der Waals surface area contributed by atoms with E-state index in [2.05, 4.69) is 11.8 Å². The van der Waals surface area contributed by atoms with E-state index in [0.29, 0.717) is 38.2 Å². The highest BCUT2D eigenvalue weighted by atomic mass is 16.8. The fourth-order valence-electron chi connectivity index (χ4n) is 4.73. The van der Waals surface area contributed by atoms with Gasteiger partial charge in [-0.05, 0) is 25.0 Å². The summed E-state index contributed by atoms with van der Waals surface area (Å²) < 4.78 is 23.2. The number of methoxy groups -OCH3 is 1. The third-order valence-corrected chi connectivity index (χ3v) is 6.08. The number of benzene rings is 1. The Hall–Kier alpha value is -1.62. The Kier molecular flexibility index (Phi) is 5.15. The zero-order chi connectivity index (χ0) is 18.9. The van der Waals surface area contributed by atoms with Gasteiger partial charge in [0, 0.05) is 19.4 Å². The van der Waals surface area contributed by atoms with E-state index in [1.807, 2.05) is 30.3 Å². The molecular formula is C21H26O6. The Labute approximate surface area is 159 Å². The molecule has 146 valence electrons. The molecule has 4 rings (SSSR count). The Balaban J connectivity index is 1.43. The quantitative estimate of drug-likeness (QED) is 0.775. The standard InChI is InChI=1S/C21H26O6/c1-24-20-10-9-19(23)17(18(20)13-21(20)26-11-12-27-21)8-7-15(22)14-25-16-5-3-2-4-6-16/h2-6,15,17-19,22-23H,9-14H2,1H3/t15-,17+,18+,19+,20+/m1/s1. The van der Waals surface area contributed by atoms with E-state index < -0.39 is 23.6 Å². The fourth-order valence-corrected chi connectivity index (χ4v) is 4.73. The maximum Gasteiger partial charge on any atom is 0.198 e. The third-order valence-electron chi connectivity index (χ3n) is 6.08. The molecule has 3 aliphatic rings. The molecule has 1 aromatic carbocycles. The Morgan fingerprint density at radius 2 is 2.00 bits per heavy atom. The van der Waals surface area contributed by atoms with E-state index in [4.69, 9.17) is 18.9 Å². The number of aliphatic hydroxyl groups excluding tert-OH is 2. The molecule has 1 aliphatic heterocycles. The Bertz CT molecular complexity index is 704. The normalized spacial score (nSPS) is 34.9. The number of para-hydroxylation sites is 1. The minimum absolute atomic E-state index is 0.0130. The number of hydrogen-bond acceptors (Lipinski definition) is 6. The Morgan fingerprint density at radius 1 is 1.26 bits per heavy atom. The van der Waals surface area contributed by atoms with E-state index in [1.54, 1.807) is 7.11 Å². The van der Waals surface area contributed by atoms with Crippen LogP contribution in [0.3, 0.4) is 0 Å². The van der Waals surface area contributed by atoms with E-state index >= 15 is 0 Å². The molecule has 1 spiro atoms. The third kappa shape index (κ3) is 3.14. The molecule has 0 unspecified atom stereocenters. The first kappa shape index (κ1) is 18.7. The molecule has 27 heavy (non-hydrogen) atoms. The molecule has 1 saturated heterocycles. The monoisotopic (exact) mass is 374 g/mol. The van der Waals surface area contributed by atoms with Gasteiger partial charge >= 0.3 is 0 Å². The lowest BCUT2D eigenvalue weighted by Gasteiger charge is -2.63. The molecule has 0 bridgehead atoms. The molecule has 5 atom stereocenters. The first-order chi connectivity index (χ1) is 13.1. The zero-order valence-corrected chi connectivity index (χ0v) is 15.5. The van der Waals surface area contributed by atoms with Gasteiger partial charge < -0.3 is 29.2 Å². The van der Waals surface area contributed by atoms with E-state index in [1.165, 1.54) is 0 Å². The van der Waals surface area contributed by atoms with E-state index in [0.717, 1.165) is 0 Å². The Morgan fingerprint density at radius 3 is 2.70 bits per heavy atom. The van der Waals surface area contributed by atoms with Crippen molar-refractivity contribution >= 4 is 0 Å². The molecule has 2 saturated carbocycles. The minimum atomic E-state index is -0.927. The zero-order valence-electron chi connectivity index (χ0n) is 15.5. The maximum atomic E-state index is 10.5. The van der Waals surface area contributed by atoms with Crippen LogP contribution in [0.4, 0.5) is 0 Å². The number of rotatable bonds is 4. The van der Waals surface area contributed by atoms with Crippen LogP contribution in [0.25, 0.3) is 0 Å². The van der Waals surface area contributed by atoms with Gasteiger partial charge in [0.05, 0.1) is 25.2 Å². The summed E-state index contributed by atoms with van der Waals surface area (Å²) in [6.07, 6.45) is 0.409. The average molecular weight is 374 g/mol. The topological polar surface area (TPSA) is 77.4 Å². The van der Waals surface area contributed by atoms with E-state index in [-0.39, 0.29) is 18.4 Å². The first-order valence-corrected chi connectivity index (χ1v) is 9.48. The van der Waals surface area contributed by atoms with Gasteiger partial charge in [-0.2, -0.15) is 0 Å². The van der Waals surface area contributed by atoms with Gasteiger partial charge in [0.1, 0.15) is 24.1 Å². The number of fused-ring (bicyclic) bond motifs is 2. The van der Waals surface area contributed by atoms with Crippen LogP contribution < -0.4 is 4.74 Å². The number of aliphatic hydroxyl groups is 2. The second-order valence-corrected chi connectivity index (χ2v) is 7.41. The van der Waals surface area contributed by atoms with Crippen LogP contribution in [0.1, 0.15) is 19.3 Å². The highest BCUT2D eigenvalue weighted by molar-refractivity contribution is 5.25. The lowest BCUT2D eigenvalue weighted by molar-refractivity contribution is -0.381. The van der Waals surface area contributed by atoms with Crippen LogP contribution in [0, 0.1) is 23.7 Å². The second kappa shape index (κ2) is 7.42. The molecule has 0 amide bonds. The van der Waals surface area contributed by atoms with Crippen LogP contribution in [0.15, 0.2) is 30.3 Å². The highest BCUT2D eigenvalue weighted by Crippen LogP contribution is 2.62. The molecular weight excluding hydrogens is 348 g/mol. The van der Waals surface area contributed by atoms with Crippen molar-refractivity contribution in [3.63, 3.8) is 0 Å². The number of ether oxygens (including phenoxy) is 4. The lowest BCUT2D eigenvalue weighted by Crippen LogP contribution is -2.74. The number of hydrogen-bond donors (Lipinski definition) is 2. The van der Waals surface area contributed by atoms with Gasteiger partial charge in [0.2, 0.25) is 0 Å². The summed E-state index contributed by atoms with van der Waals surface area (Å²) in [6.45, 7) is 1.20. The molecule has 0 aromatic heterocycles. The molecule has 6 heteroatoms. The van der Waals surface area contributed by atoms with Crippen molar-refractivity contribution in [1.82, 2.24) is 0 Å².